The van der Waals surface area contributed by atoms with Crippen LogP contribution in [-0.4, -0.2) is 81.1 Å². The molecular weight excluding hydrogens is 190 g/mol. The van der Waals surface area contributed by atoms with Crippen LogP contribution in [0.1, 0.15) is 0 Å². The number of hydrogen-bond donors (Lipinski definition) is 5. The Kier molecular flexibility index (Phi) is 4.24. The average Bonchev–Trinajstić information content (AvgIpc) is 2.43. The molecule has 1 rings (SSSR count). The largest absolute Gasteiger partial charge is 0.395 e. The molecule has 0 aromatic rings. The number of nitrogens with zero attached hydrogens (tertiary/aromatic N) is 1. The minimum absolute atomic E-state index is 0.117. The normalized spacial score (nSPS) is 36.2. The fraction of sp³-hybridized carbons (Fsp3) is 1.00. The third-order valence-electron chi connectivity index (χ3n) is 2.56. The van der Waals surface area contributed by atoms with Crippen molar-refractivity contribution in [3.63, 3.8) is 0 Å². The van der Waals surface area contributed by atoms with E-state index in [9.17, 15) is 15.3 Å². The van der Waals surface area contributed by atoms with Crippen LogP contribution in [-0.2, 0) is 0 Å². The molecule has 84 valence electrons. The molecule has 0 radical (unpaired) electrons. The van der Waals surface area contributed by atoms with Crippen molar-refractivity contribution in [3.8, 4) is 0 Å². The summed E-state index contributed by atoms with van der Waals surface area (Å²) in [7, 11) is 0. The molecule has 1 fully saturated rings. The van der Waals surface area contributed by atoms with Gasteiger partial charge in [-0.25, -0.2) is 0 Å². The first-order chi connectivity index (χ1) is 6.61. The van der Waals surface area contributed by atoms with Crippen LogP contribution in [0.4, 0.5) is 0 Å². The van der Waals surface area contributed by atoms with Gasteiger partial charge in [0.1, 0.15) is 0 Å². The first kappa shape index (κ1) is 11.8. The molecule has 4 atom stereocenters. The molecular formula is C8H17NO5. The Labute approximate surface area is 82.0 Å². The summed E-state index contributed by atoms with van der Waals surface area (Å²) in [5.41, 5.74) is 0. The minimum Gasteiger partial charge on any atom is -0.395 e. The molecule has 0 aromatic carbocycles. The molecule has 0 aromatic heterocycles. The lowest BCUT2D eigenvalue weighted by molar-refractivity contribution is -0.0321. The number of likely N-dealkylation sites (tertiary alicyclic amines) is 1. The summed E-state index contributed by atoms with van der Waals surface area (Å²) in [6.07, 6.45) is -3.12. The lowest BCUT2D eigenvalue weighted by atomic mass is 10.1. The monoisotopic (exact) mass is 207 g/mol. The highest BCUT2D eigenvalue weighted by atomic mass is 16.3. The Bertz CT molecular complexity index is 179. The smallest absolute Gasteiger partial charge is 0.0992 e. The van der Waals surface area contributed by atoms with Crippen molar-refractivity contribution in [1.29, 1.82) is 0 Å². The van der Waals surface area contributed by atoms with Gasteiger partial charge in [-0.3, -0.25) is 4.90 Å². The lowest BCUT2D eigenvalue weighted by Crippen LogP contribution is -2.47. The highest BCUT2D eigenvalue weighted by Crippen LogP contribution is 2.20. The number of aliphatic hydroxyl groups excluding tert-OH is 5. The van der Waals surface area contributed by atoms with Gasteiger partial charge in [0.25, 0.3) is 0 Å². The zero-order valence-corrected chi connectivity index (χ0v) is 7.82. The maximum atomic E-state index is 9.51. The highest BCUT2D eigenvalue weighted by Gasteiger charge is 2.43. The number of β-amino-alcohol motifs (C(OH)–C–C–N with tert-alkyl or cyclic N) is 2. The molecule has 0 amide bonds. The predicted molar refractivity (Wildman–Crippen MR) is 47.6 cm³/mol. The second-order valence-corrected chi connectivity index (χ2v) is 3.52. The van der Waals surface area contributed by atoms with Gasteiger partial charge in [0, 0.05) is 13.1 Å². The molecule has 14 heavy (non-hydrogen) atoms. The molecule has 6 nitrogen and oxygen atoms in total. The lowest BCUT2D eigenvalue weighted by Gasteiger charge is -2.28. The number of aliphatic hydroxyl groups is 5. The molecule has 6 heteroatoms. The van der Waals surface area contributed by atoms with Crippen LogP contribution < -0.4 is 0 Å². The zero-order valence-electron chi connectivity index (χ0n) is 7.82. The van der Waals surface area contributed by atoms with Gasteiger partial charge in [-0.05, 0) is 0 Å². The fourth-order valence-electron chi connectivity index (χ4n) is 1.86. The van der Waals surface area contributed by atoms with Crippen LogP contribution in [0.15, 0.2) is 0 Å². The molecule has 0 saturated carbocycles. The summed E-state index contributed by atoms with van der Waals surface area (Å²) < 4.78 is 0. The van der Waals surface area contributed by atoms with Crippen molar-refractivity contribution in [2.45, 2.75) is 24.4 Å². The van der Waals surface area contributed by atoms with E-state index in [0.717, 1.165) is 0 Å². The molecule has 1 aliphatic rings. The summed E-state index contributed by atoms with van der Waals surface area (Å²) in [6, 6.07) is -0.706. The van der Waals surface area contributed by atoms with Crippen LogP contribution in [0.3, 0.4) is 0 Å². The van der Waals surface area contributed by atoms with Crippen molar-refractivity contribution in [1.82, 2.24) is 4.90 Å². The van der Waals surface area contributed by atoms with E-state index in [2.05, 4.69) is 0 Å². The zero-order chi connectivity index (χ0) is 10.7. The first-order valence-electron chi connectivity index (χ1n) is 4.61. The second kappa shape index (κ2) is 5.01. The van der Waals surface area contributed by atoms with Gasteiger partial charge in [-0.1, -0.05) is 0 Å². The van der Waals surface area contributed by atoms with Gasteiger partial charge in [0.05, 0.1) is 37.6 Å². The maximum Gasteiger partial charge on any atom is 0.0992 e. The van der Waals surface area contributed by atoms with E-state index in [-0.39, 0.29) is 19.7 Å². The van der Waals surface area contributed by atoms with E-state index in [4.69, 9.17) is 10.2 Å². The Morgan fingerprint density at radius 1 is 1.29 bits per heavy atom. The van der Waals surface area contributed by atoms with Crippen molar-refractivity contribution >= 4 is 0 Å². The van der Waals surface area contributed by atoms with Gasteiger partial charge in [-0.15, -0.1) is 0 Å². The fourth-order valence-corrected chi connectivity index (χ4v) is 1.86. The van der Waals surface area contributed by atoms with Gasteiger partial charge in [0.15, 0.2) is 0 Å². The molecule has 1 heterocycles. The summed E-state index contributed by atoms with van der Waals surface area (Å²) in [5, 5.41) is 45.7. The summed E-state index contributed by atoms with van der Waals surface area (Å²) in [4.78, 5) is 1.57. The van der Waals surface area contributed by atoms with E-state index < -0.39 is 31.0 Å². The summed E-state index contributed by atoms with van der Waals surface area (Å²) in [5.74, 6) is 0. The number of rotatable bonds is 4. The van der Waals surface area contributed by atoms with Crippen LogP contribution >= 0.6 is 0 Å². The SMILES string of the molecule is OCCN1C[C@@H](O)[C@@H](O)[C@H]1[C@H](O)CO. The number of hydrogen-bond acceptors (Lipinski definition) is 6. The molecule has 0 bridgehead atoms. The van der Waals surface area contributed by atoms with Crippen molar-refractivity contribution < 1.29 is 25.5 Å². The van der Waals surface area contributed by atoms with E-state index in [1.807, 2.05) is 0 Å². The first-order valence-corrected chi connectivity index (χ1v) is 4.61. The minimum atomic E-state index is -1.10. The summed E-state index contributed by atoms with van der Waals surface area (Å²) >= 11 is 0. The highest BCUT2D eigenvalue weighted by molar-refractivity contribution is 4.96. The standard InChI is InChI=1S/C8H17NO5/c10-2-1-9-3-5(12)8(14)7(9)6(13)4-11/h5-8,10-14H,1-4H2/t5-,6-,7-,8-/m1/s1. The van der Waals surface area contributed by atoms with E-state index >= 15 is 0 Å². The predicted octanol–water partition coefficient (Wildman–Crippen LogP) is -3.26. The maximum absolute atomic E-state index is 9.51. The molecule has 0 spiro atoms. The Hall–Kier alpha value is -0.240. The molecule has 1 saturated heterocycles. The Balaban J connectivity index is 2.65. The van der Waals surface area contributed by atoms with Crippen molar-refractivity contribution in [3.05, 3.63) is 0 Å². The van der Waals surface area contributed by atoms with E-state index in [1.54, 1.807) is 4.90 Å². The van der Waals surface area contributed by atoms with Crippen LogP contribution in [0.2, 0.25) is 0 Å². The second-order valence-electron chi connectivity index (χ2n) is 3.52. The van der Waals surface area contributed by atoms with Crippen LogP contribution in [0.25, 0.3) is 0 Å². The van der Waals surface area contributed by atoms with Gasteiger partial charge >= 0.3 is 0 Å². The average molecular weight is 207 g/mol. The van der Waals surface area contributed by atoms with Gasteiger partial charge < -0.3 is 25.5 Å². The Morgan fingerprint density at radius 3 is 2.43 bits per heavy atom. The quantitative estimate of drug-likeness (QED) is 0.331. The molecule has 5 N–H and O–H groups in total. The van der Waals surface area contributed by atoms with E-state index in [0.29, 0.717) is 0 Å². The molecule has 0 aliphatic carbocycles. The molecule has 1 aliphatic heterocycles. The third kappa shape index (κ3) is 2.22. The van der Waals surface area contributed by atoms with Gasteiger partial charge in [-0.2, -0.15) is 0 Å². The van der Waals surface area contributed by atoms with Crippen LogP contribution in [0.5, 0.6) is 0 Å². The van der Waals surface area contributed by atoms with Gasteiger partial charge in [0.2, 0.25) is 0 Å². The molecule has 0 unspecified atom stereocenters. The summed E-state index contributed by atoms with van der Waals surface area (Å²) in [6.45, 7) is -0.135. The van der Waals surface area contributed by atoms with E-state index in [1.165, 1.54) is 0 Å². The van der Waals surface area contributed by atoms with Crippen molar-refractivity contribution in [2.24, 2.45) is 0 Å². The van der Waals surface area contributed by atoms with Crippen LogP contribution in [0, 0.1) is 0 Å². The Morgan fingerprint density at radius 2 is 1.93 bits per heavy atom. The topological polar surface area (TPSA) is 104 Å². The van der Waals surface area contributed by atoms with Crippen molar-refractivity contribution in [2.75, 3.05) is 26.3 Å². The third-order valence-corrected chi connectivity index (χ3v) is 2.56.